The summed E-state index contributed by atoms with van der Waals surface area (Å²) in [5, 5.41) is 18.4. The van der Waals surface area contributed by atoms with Crippen LogP contribution in [0.4, 0.5) is 0 Å². The number of aliphatic hydroxyl groups is 2. The summed E-state index contributed by atoms with van der Waals surface area (Å²) in [6.45, 7) is 1.67. The second-order valence-electron chi connectivity index (χ2n) is 3.93. The van der Waals surface area contributed by atoms with Gasteiger partial charge >= 0.3 is 0 Å². The van der Waals surface area contributed by atoms with E-state index in [0.29, 0.717) is 13.0 Å². The third kappa shape index (κ3) is 4.08. The second kappa shape index (κ2) is 5.72. The van der Waals surface area contributed by atoms with Gasteiger partial charge in [-0.15, -0.1) is 0 Å². The maximum Gasteiger partial charge on any atom is 0.119 e. The highest BCUT2D eigenvalue weighted by atomic mass is 16.5. The van der Waals surface area contributed by atoms with Crippen LogP contribution >= 0.6 is 0 Å². The van der Waals surface area contributed by atoms with Crippen molar-refractivity contribution in [1.29, 1.82) is 0 Å². The van der Waals surface area contributed by atoms with Crippen molar-refractivity contribution < 1.29 is 19.7 Å². The minimum atomic E-state index is -1.08. The van der Waals surface area contributed by atoms with E-state index < -0.39 is 5.60 Å². The Hall–Kier alpha value is -1.26. The molecule has 0 spiro atoms. The molecule has 2 N–H and O–H groups in total. The van der Waals surface area contributed by atoms with Crippen LogP contribution in [0.25, 0.3) is 0 Å². The van der Waals surface area contributed by atoms with Crippen LogP contribution in [-0.2, 0) is 0 Å². The molecule has 4 heteroatoms. The maximum atomic E-state index is 9.53. The molecule has 1 rings (SSSR count). The lowest BCUT2D eigenvalue weighted by molar-refractivity contribution is -0.0139. The van der Waals surface area contributed by atoms with Crippen LogP contribution in [-0.4, -0.2) is 36.1 Å². The van der Waals surface area contributed by atoms with Crippen molar-refractivity contribution in [2.45, 2.75) is 18.9 Å². The summed E-state index contributed by atoms with van der Waals surface area (Å²) in [5.74, 6) is 1.49. The second-order valence-corrected chi connectivity index (χ2v) is 3.93. The Morgan fingerprint density at radius 3 is 2.25 bits per heavy atom. The monoisotopic (exact) mass is 226 g/mol. The van der Waals surface area contributed by atoms with Gasteiger partial charge in [-0.05, 0) is 31.2 Å². The lowest BCUT2D eigenvalue weighted by Crippen LogP contribution is -2.30. The normalized spacial score (nSPS) is 14.2. The zero-order valence-corrected chi connectivity index (χ0v) is 9.64. The molecule has 0 aliphatic heterocycles. The number of hydrogen-bond donors (Lipinski definition) is 2. The van der Waals surface area contributed by atoms with Gasteiger partial charge in [0, 0.05) is 6.42 Å². The summed E-state index contributed by atoms with van der Waals surface area (Å²) in [4.78, 5) is 0. The zero-order valence-electron chi connectivity index (χ0n) is 9.64. The summed E-state index contributed by atoms with van der Waals surface area (Å²) in [6, 6.07) is 7.21. The summed E-state index contributed by atoms with van der Waals surface area (Å²) >= 11 is 0. The molecular formula is C12H18O4. The molecule has 0 fully saturated rings. The predicted octanol–water partition coefficient (Wildman–Crippen LogP) is 1.21. The van der Waals surface area contributed by atoms with Crippen molar-refractivity contribution in [2.75, 3.05) is 20.3 Å². The smallest absolute Gasteiger partial charge is 0.119 e. The van der Waals surface area contributed by atoms with Gasteiger partial charge in [-0.25, -0.2) is 0 Å². The maximum absolute atomic E-state index is 9.53. The van der Waals surface area contributed by atoms with Crippen molar-refractivity contribution >= 4 is 0 Å². The van der Waals surface area contributed by atoms with Crippen molar-refractivity contribution in [2.24, 2.45) is 0 Å². The number of hydrogen-bond acceptors (Lipinski definition) is 4. The zero-order chi connectivity index (χ0) is 12.0. The molecule has 1 atom stereocenters. The number of benzene rings is 1. The average Bonchev–Trinajstić information content (AvgIpc) is 2.30. The largest absolute Gasteiger partial charge is 0.497 e. The average molecular weight is 226 g/mol. The van der Waals surface area contributed by atoms with Crippen LogP contribution in [0.15, 0.2) is 24.3 Å². The fraction of sp³-hybridized carbons (Fsp3) is 0.500. The molecule has 0 saturated carbocycles. The SMILES string of the molecule is COc1ccc(OCCC(C)(O)CO)cc1. The summed E-state index contributed by atoms with van der Waals surface area (Å²) in [6.07, 6.45) is 0.384. The highest BCUT2D eigenvalue weighted by molar-refractivity contribution is 5.31. The lowest BCUT2D eigenvalue weighted by atomic mass is 10.1. The predicted molar refractivity (Wildman–Crippen MR) is 60.8 cm³/mol. The number of ether oxygens (including phenoxy) is 2. The quantitative estimate of drug-likeness (QED) is 0.765. The van der Waals surface area contributed by atoms with E-state index in [1.54, 1.807) is 38.3 Å². The van der Waals surface area contributed by atoms with E-state index in [0.717, 1.165) is 11.5 Å². The minimum absolute atomic E-state index is 0.265. The highest BCUT2D eigenvalue weighted by Gasteiger charge is 2.18. The molecule has 4 nitrogen and oxygen atoms in total. The number of aliphatic hydroxyl groups excluding tert-OH is 1. The van der Waals surface area contributed by atoms with Crippen molar-refractivity contribution in [1.82, 2.24) is 0 Å². The Bertz CT molecular complexity index is 305. The van der Waals surface area contributed by atoms with Gasteiger partial charge in [-0.1, -0.05) is 0 Å². The fourth-order valence-corrected chi connectivity index (χ4v) is 1.14. The van der Waals surface area contributed by atoms with Crippen LogP contribution < -0.4 is 9.47 Å². The molecule has 0 heterocycles. The van der Waals surface area contributed by atoms with Crippen LogP contribution in [0.2, 0.25) is 0 Å². The van der Waals surface area contributed by atoms with E-state index in [4.69, 9.17) is 14.6 Å². The topological polar surface area (TPSA) is 58.9 Å². The first kappa shape index (κ1) is 12.8. The van der Waals surface area contributed by atoms with Gasteiger partial charge < -0.3 is 19.7 Å². The van der Waals surface area contributed by atoms with E-state index in [1.807, 2.05) is 0 Å². The Balaban J connectivity index is 2.37. The molecule has 1 aromatic carbocycles. The molecule has 90 valence electrons. The van der Waals surface area contributed by atoms with Crippen molar-refractivity contribution in [3.63, 3.8) is 0 Å². The van der Waals surface area contributed by atoms with Gasteiger partial charge in [0.1, 0.15) is 11.5 Å². The van der Waals surface area contributed by atoms with Gasteiger partial charge in [-0.3, -0.25) is 0 Å². The minimum Gasteiger partial charge on any atom is -0.497 e. The molecule has 0 radical (unpaired) electrons. The Labute approximate surface area is 95.4 Å². The third-order valence-electron chi connectivity index (χ3n) is 2.31. The summed E-state index contributed by atoms with van der Waals surface area (Å²) in [5.41, 5.74) is -1.08. The molecule has 0 aromatic heterocycles. The van der Waals surface area contributed by atoms with E-state index in [1.165, 1.54) is 0 Å². The van der Waals surface area contributed by atoms with Gasteiger partial charge in [0.15, 0.2) is 0 Å². The third-order valence-corrected chi connectivity index (χ3v) is 2.31. The fourth-order valence-electron chi connectivity index (χ4n) is 1.14. The summed E-state index contributed by atoms with van der Waals surface area (Å²) < 4.78 is 10.4. The molecule has 1 aromatic rings. The van der Waals surface area contributed by atoms with Crippen molar-refractivity contribution in [3.05, 3.63) is 24.3 Å². The standard InChI is InChI=1S/C12H18O4/c1-12(14,9-13)7-8-16-11-5-3-10(15-2)4-6-11/h3-6,13-14H,7-9H2,1-2H3. The van der Waals surface area contributed by atoms with E-state index in [-0.39, 0.29) is 6.61 Å². The molecular weight excluding hydrogens is 208 g/mol. The Morgan fingerprint density at radius 2 is 1.75 bits per heavy atom. The van der Waals surface area contributed by atoms with Gasteiger partial charge in [0.25, 0.3) is 0 Å². The van der Waals surface area contributed by atoms with Crippen LogP contribution in [0.3, 0.4) is 0 Å². The first-order valence-corrected chi connectivity index (χ1v) is 5.17. The molecule has 0 amide bonds. The summed E-state index contributed by atoms with van der Waals surface area (Å²) in [7, 11) is 1.61. The van der Waals surface area contributed by atoms with Gasteiger partial charge in [0.05, 0.1) is 25.9 Å². The van der Waals surface area contributed by atoms with E-state index in [9.17, 15) is 5.11 Å². The lowest BCUT2D eigenvalue weighted by Gasteiger charge is -2.20. The first-order valence-electron chi connectivity index (χ1n) is 5.17. The van der Waals surface area contributed by atoms with Crippen LogP contribution in [0.5, 0.6) is 11.5 Å². The first-order chi connectivity index (χ1) is 7.57. The van der Waals surface area contributed by atoms with Crippen LogP contribution in [0, 0.1) is 0 Å². The van der Waals surface area contributed by atoms with Crippen LogP contribution in [0.1, 0.15) is 13.3 Å². The molecule has 16 heavy (non-hydrogen) atoms. The Morgan fingerprint density at radius 1 is 1.19 bits per heavy atom. The van der Waals surface area contributed by atoms with E-state index >= 15 is 0 Å². The molecule has 0 bridgehead atoms. The molecule has 0 aliphatic rings. The molecule has 0 aliphatic carbocycles. The van der Waals surface area contributed by atoms with E-state index in [2.05, 4.69) is 0 Å². The Kier molecular flexibility index (Phi) is 4.58. The molecule has 0 saturated heterocycles. The highest BCUT2D eigenvalue weighted by Crippen LogP contribution is 2.18. The number of methoxy groups -OCH3 is 1. The van der Waals surface area contributed by atoms with Crippen molar-refractivity contribution in [3.8, 4) is 11.5 Å². The van der Waals surface area contributed by atoms with Gasteiger partial charge in [-0.2, -0.15) is 0 Å². The van der Waals surface area contributed by atoms with Gasteiger partial charge in [0.2, 0.25) is 0 Å². The number of rotatable bonds is 6. The molecule has 1 unspecified atom stereocenters.